The fraction of sp³-hybridized carbons (Fsp3) is 0.0870. The molecule has 0 aliphatic heterocycles. The van der Waals surface area contributed by atoms with Crippen molar-refractivity contribution in [1.29, 1.82) is 0 Å². The molecule has 4 nitrogen and oxygen atoms in total. The Kier molecular flexibility index (Phi) is 5.36. The first-order chi connectivity index (χ1) is 14.0. The van der Waals surface area contributed by atoms with E-state index < -0.39 is 0 Å². The van der Waals surface area contributed by atoms with Crippen LogP contribution in [0, 0.1) is 5.82 Å². The van der Waals surface area contributed by atoms with E-state index in [2.05, 4.69) is 28.0 Å². The zero-order chi connectivity index (χ0) is 20.4. The van der Waals surface area contributed by atoms with Gasteiger partial charge in [-0.25, -0.2) is 9.37 Å². The summed E-state index contributed by atoms with van der Waals surface area (Å²) >= 11 is 3.40. The third-order valence-corrected chi connectivity index (χ3v) is 5.11. The van der Waals surface area contributed by atoms with Gasteiger partial charge in [-0.3, -0.25) is 4.79 Å². The molecule has 4 rings (SSSR count). The number of aryl methyl sites for hydroxylation is 1. The number of hydrogen-bond acceptors (Lipinski definition) is 3. The van der Waals surface area contributed by atoms with Crippen LogP contribution in [-0.4, -0.2) is 15.9 Å². The molecule has 0 fully saturated rings. The minimum absolute atomic E-state index is 0.274. The first-order valence-corrected chi connectivity index (χ1v) is 9.96. The average Bonchev–Trinajstić information content (AvgIpc) is 2.74. The lowest BCUT2D eigenvalue weighted by Gasteiger charge is -2.10. The number of benzene rings is 3. The van der Waals surface area contributed by atoms with Crippen molar-refractivity contribution in [1.82, 2.24) is 9.66 Å². The molecule has 0 unspecified atom stereocenters. The summed E-state index contributed by atoms with van der Waals surface area (Å²) in [5.74, 6) is 0.124. The van der Waals surface area contributed by atoms with Gasteiger partial charge in [0.15, 0.2) is 5.82 Å². The van der Waals surface area contributed by atoms with Crippen LogP contribution in [0.5, 0.6) is 0 Å². The van der Waals surface area contributed by atoms with Crippen molar-refractivity contribution in [3.05, 3.63) is 98.5 Å². The molecule has 0 aliphatic carbocycles. The van der Waals surface area contributed by atoms with E-state index in [4.69, 9.17) is 4.98 Å². The first kappa shape index (κ1) is 19.2. The van der Waals surface area contributed by atoms with E-state index in [9.17, 15) is 9.18 Å². The summed E-state index contributed by atoms with van der Waals surface area (Å²) in [6, 6.07) is 19.2. The van der Waals surface area contributed by atoms with Crippen molar-refractivity contribution < 1.29 is 4.39 Å². The standard InChI is InChI=1S/C23H17BrFN3O/c1-2-15-3-7-17(8-4-15)22-27-21-12-9-18(24)13-20(21)23(29)28(22)26-14-16-5-10-19(25)11-6-16/h3-14H,2H2,1H3. The third-order valence-electron chi connectivity index (χ3n) is 4.62. The number of hydrogen-bond donors (Lipinski definition) is 0. The Morgan fingerprint density at radius 1 is 1.07 bits per heavy atom. The number of aromatic nitrogens is 2. The smallest absolute Gasteiger partial charge is 0.267 e. The van der Waals surface area contributed by atoms with E-state index in [-0.39, 0.29) is 11.4 Å². The van der Waals surface area contributed by atoms with Crippen molar-refractivity contribution in [3.63, 3.8) is 0 Å². The molecule has 0 radical (unpaired) electrons. The molecule has 0 amide bonds. The van der Waals surface area contributed by atoms with Crippen LogP contribution in [0.15, 0.2) is 81.1 Å². The SMILES string of the molecule is CCc1ccc(-c2nc3ccc(Br)cc3c(=O)n2N=Cc2ccc(F)cc2)cc1. The Balaban J connectivity index is 1.92. The van der Waals surface area contributed by atoms with Crippen LogP contribution in [0.3, 0.4) is 0 Å². The Bertz CT molecular complexity index is 1260. The van der Waals surface area contributed by atoms with Gasteiger partial charge >= 0.3 is 0 Å². The Morgan fingerprint density at radius 3 is 2.48 bits per heavy atom. The topological polar surface area (TPSA) is 47.2 Å². The average molecular weight is 450 g/mol. The van der Waals surface area contributed by atoms with Gasteiger partial charge in [-0.05, 0) is 47.9 Å². The lowest BCUT2D eigenvalue weighted by atomic mass is 10.1. The second-order valence-electron chi connectivity index (χ2n) is 6.56. The highest BCUT2D eigenvalue weighted by Crippen LogP contribution is 2.22. The zero-order valence-electron chi connectivity index (χ0n) is 15.6. The highest BCUT2D eigenvalue weighted by atomic mass is 79.9. The molecule has 0 saturated heterocycles. The van der Waals surface area contributed by atoms with E-state index in [1.54, 1.807) is 24.3 Å². The van der Waals surface area contributed by atoms with Gasteiger partial charge in [0.05, 0.1) is 17.1 Å². The summed E-state index contributed by atoms with van der Waals surface area (Å²) in [7, 11) is 0. The van der Waals surface area contributed by atoms with Crippen molar-refractivity contribution in [3.8, 4) is 11.4 Å². The molecule has 0 bridgehead atoms. The maximum atomic E-state index is 13.2. The summed E-state index contributed by atoms with van der Waals surface area (Å²) in [4.78, 5) is 17.9. The van der Waals surface area contributed by atoms with E-state index in [1.807, 2.05) is 30.3 Å². The van der Waals surface area contributed by atoms with E-state index in [0.717, 1.165) is 16.5 Å². The Hall–Kier alpha value is -3.12. The van der Waals surface area contributed by atoms with E-state index >= 15 is 0 Å². The fourth-order valence-corrected chi connectivity index (χ4v) is 3.37. The summed E-state index contributed by atoms with van der Waals surface area (Å²) in [6.45, 7) is 2.09. The highest BCUT2D eigenvalue weighted by Gasteiger charge is 2.13. The van der Waals surface area contributed by atoms with Gasteiger partial charge in [0, 0.05) is 10.0 Å². The first-order valence-electron chi connectivity index (χ1n) is 9.16. The maximum absolute atomic E-state index is 13.2. The molecule has 0 N–H and O–H groups in total. The summed E-state index contributed by atoms with van der Waals surface area (Å²) in [5, 5.41) is 4.85. The van der Waals surface area contributed by atoms with Crippen LogP contribution in [0.25, 0.3) is 22.3 Å². The second kappa shape index (κ2) is 8.09. The van der Waals surface area contributed by atoms with E-state index in [1.165, 1.54) is 28.6 Å². The van der Waals surface area contributed by atoms with Crippen molar-refractivity contribution >= 4 is 33.0 Å². The van der Waals surface area contributed by atoms with Gasteiger partial charge < -0.3 is 0 Å². The Labute approximate surface area is 175 Å². The van der Waals surface area contributed by atoms with Gasteiger partial charge in [0.2, 0.25) is 0 Å². The number of fused-ring (bicyclic) bond motifs is 1. The van der Waals surface area contributed by atoms with E-state index in [0.29, 0.717) is 22.3 Å². The molecule has 0 saturated carbocycles. The van der Waals surface area contributed by atoms with Gasteiger partial charge in [-0.15, -0.1) is 0 Å². The molecule has 3 aromatic carbocycles. The van der Waals surface area contributed by atoms with Crippen LogP contribution in [-0.2, 0) is 6.42 Å². The molecule has 1 aromatic heterocycles. The number of halogens is 2. The molecule has 144 valence electrons. The zero-order valence-corrected chi connectivity index (χ0v) is 17.2. The maximum Gasteiger partial charge on any atom is 0.282 e. The van der Waals surface area contributed by atoms with Crippen LogP contribution in [0.1, 0.15) is 18.1 Å². The fourth-order valence-electron chi connectivity index (χ4n) is 3.01. The largest absolute Gasteiger partial charge is 0.282 e. The quantitative estimate of drug-likeness (QED) is 0.391. The molecular weight excluding hydrogens is 433 g/mol. The lowest BCUT2D eigenvalue weighted by molar-refractivity contribution is 0.628. The minimum Gasteiger partial charge on any atom is -0.267 e. The normalized spacial score (nSPS) is 11.4. The molecule has 29 heavy (non-hydrogen) atoms. The minimum atomic E-state index is -0.326. The predicted molar refractivity (Wildman–Crippen MR) is 118 cm³/mol. The van der Waals surface area contributed by atoms with Gasteiger partial charge in [-0.2, -0.15) is 9.78 Å². The van der Waals surface area contributed by atoms with Crippen molar-refractivity contribution in [2.75, 3.05) is 0 Å². The monoisotopic (exact) mass is 449 g/mol. The summed E-state index contributed by atoms with van der Waals surface area (Å²) in [5.41, 5.74) is 2.99. The van der Waals surface area contributed by atoms with Gasteiger partial charge in [-0.1, -0.05) is 59.3 Å². The lowest BCUT2D eigenvalue weighted by Crippen LogP contribution is -2.20. The van der Waals surface area contributed by atoms with Crippen LogP contribution in [0.2, 0.25) is 0 Å². The van der Waals surface area contributed by atoms with Crippen molar-refractivity contribution in [2.45, 2.75) is 13.3 Å². The number of nitrogens with zero attached hydrogens (tertiary/aromatic N) is 3. The molecule has 4 aromatic rings. The predicted octanol–water partition coefficient (Wildman–Crippen LogP) is 5.41. The molecule has 0 spiro atoms. The van der Waals surface area contributed by atoms with Crippen LogP contribution in [0.4, 0.5) is 4.39 Å². The molecule has 0 atom stereocenters. The number of rotatable bonds is 4. The molecule has 1 heterocycles. The summed E-state index contributed by atoms with van der Waals surface area (Å²) < 4.78 is 15.2. The highest BCUT2D eigenvalue weighted by molar-refractivity contribution is 9.10. The summed E-state index contributed by atoms with van der Waals surface area (Å²) in [6.07, 6.45) is 2.45. The van der Waals surface area contributed by atoms with Gasteiger partial charge in [0.25, 0.3) is 5.56 Å². The Morgan fingerprint density at radius 2 is 1.79 bits per heavy atom. The van der Waals surface area contributed by atoms with Gasteiger partial charge in [0.1, 0.15) is 5.82 Å². The molecule has 0 aliphatic rings. The van der Waals surface area contributed by atoms with Crippen molar-refractivity contribution in [2.24, 2.45) is 5.10 Å². The second-order valence-corrected chi connectivity index (χ2v) is 7.48. The third kappa shape index (κ3) is 4.03. The molecular formula is C23H17BrFN3O. The van der Waals surface area contributed by atoms with Crippen LogP contribution < -0.4 is 5.56 Å². The molecule has 6 heteroatoms. The van der Waals surface area contributed by atoms with Crippen LogP contribution >= 0.6 is 15.9 Å².